The van der Waals surface area contributed by atoms with Crippen LogP contribution in [-0.2, 0) is 14.3 Å². The van der Waals surface area contributed by atoms with E-state index in [2.05, 4.69) is 4.74 Å². The van der Waals surface area contributed by atoms with Crippen LogP contribution in [0.1, 0.15) is 19.8 Å². The third-order valence-corrected chi connectivity index (χ3v) is 1.26. The first-order valence-electron chi connectivity index (χ1n) is 3.22. The van der Waals surface area contributed by atoms with E-state index in [0.717, 1.165) is 6.29 Å². The van der Waals surface area contributed by atoms with E-state index in [9.17, 15) is 9.59 Å². The van der Waals surface area contributed by atoms with E-state index in [4.69, 9.17) is 0 Å². The van der Waals surface area contributed by atoms with Gasteiger partial charge in [-0.2, -0.15) is 0 Å². The van der Waals surface area contributed by atoms with Crippen LogP contribution in [0.4, 0.5) is 0 Å². The molecule has 0 unspecified atom stereocenters. The zero-order valence-electron chi connectivity index (χ0n) is 6.29. The van der Waals surface area contributed by atoms with Crippen molar-refractivity contribution in [3.05, 3.63) is 0 Å². The van der Waals surface area contributed by atoms with Gasteiger partial charge in [0.25, 0.3) is 0 Å². The molecule has 0 rings (SSSR count). The summed E-state index contributed by atoms with van der Waals surface area (Å²) in [5.41, 5.74) is 0. The summed E-state index contributed by atoms with van der Waals surface area (Å²) < 4.78 is 4.39. The van der Waals surface area contributed by atoms with Gasteiger partial charge < -0.3 is 9.53 Å². The molecule has 0 aromatic heterocycles. The van der Waals surface area contributed by atoms with Gasteiger partial charge in [-0.25, -0.2) is 0 Å². The third-order valence-electron chi connectivity index (χ3n) is 1.26. The number of aldehydes is 1. The van der Waals surface area contributed by atoms with Gasteiger partial charge in [0.15, 0.2) is 0 Å². The molecule has 0 N–H and O–H groups in total. The van der Waals surface area contributed by atoms with E-state index in [-0.39, 0.29) is 11.9 Å². The van der Waals surface area contributed by atoms with Gasteiger partial charge >= 0.3 is 5.97 Å². The molecule has 0 heterocycles. The Bertz CT molecular complexity index is 120. The van der Waals surface area contributed by atoms with E-state index < -0.39 is 0 Å². The Morgan fingerprint density at radius 3 is 2.70 bits per heavy atom. The summed E-state index contributed by atoms with van der Waals surface area (Å²) in [4.78, 5) is 20.5. The van der Waals surface area contributed by atoms with Crippen molar-refractivity contribution in [2.45, 2.75) is 19.8 Å². The molecule has 0 radical (unpaired) electrons. The lowest BCUT2D eigenvalue weighted by atomic mass is 10.1. The summed E-state index contributed by atoms with van der Waals surface area (Å²) in [7, 11) is 1.34. The molecule has 0 spiro atoms. The molecular formula is C7H12O3. The van der Waals surface area contributed by atoms with E-state index >= 15 is 0 Å². The summed E-state index contributed by atoms with van der Waals surface area (Å²) in [6, 6.07) is 0. The highest BCUT2D eigenvalue weighted by molar-refractivity contribution is 5.69. The molecule has 0 aliphatic carbocycles. The second-order valence-corrected chi connectivity index (χ2v) is 2.23. The monoisotopic (exact) mass is 144 g/mol. The third kappa shape index (κ3) is 4.06. The van der Waals surface area contributed by atoms with Crippen LogP contribution in [-0.4, -0.2) is 19.4 Å². The average molecular weight is 144 g/mol. The van der Waals surface area contributed by atoms with E-state index in [1.54, 1.807) is 6.92 Å². The Morgan fingerprint density at radius 2 is 2.30 bits per heavy atom. The molecule has 1 atom stereocenters. The van der Waals surface area contributed by atoms with Crippen molar-refractivity contribution in [1.82, 2.24) is 0 Å². The number of methoxy groups -OCH3 is 1. The Hall–Kier alpha value is -0.860. The fourth-order valence-electron chi connectivity index (χ4n) is 0.516. The molecule has 10 heavy (non-hydrogen) atoms. The topological polar surface area (TPSA) is 43.4 Å². The maximum Gasteiger partial charge on any atom is 0.305 e. The van der Waals surface area contributed by atoms with Gasteiger partial charge in [-0.3, -0.25) is 4.79 Å². The minimum Gasteiger partial charge on any atom is -0.469 e. The predicted molar refractivity (Wildman–Crippen MR) is 36.5 cm³/mol. The van der Waals surface area contributed by atoms with Crippen LogP contribution in [0, 0.1) is 5.92 Å². The molecule has 58 valence electrons. The van der Waals surface area contributed by atoms with Gasteiger partial charge in [0, 0.05) is 12.3 Å². The Kier molecular flexibility index (Phi) is 4.54. The number of esters is 1. The Morgan fingerprint density at radius 1 is 1.70 bits per heavy atom. The zero-order chi connectivity index (χ0) is 7.98. The molecule has 0 amide bonds. The van der Waals surface area contributed by atoms with Crippen molar-refractivity contribution in [2.75, 3.05) is 7.11 Å². The number of carbonyl (C=O) groups is 2. The maximum absolute atomic E-state index is 10.5. The number of hydrogen-bond donors (Lipinski definition) is 0. The molecule has 0 saturated carbocycles. The fourth-order valence-corrected chi connectivity index (χ4v) is 0.516. The molecule has 0 bridgehead atoms. The van der Waals surface area contributed by atoms with Gasteiger partial charge in [0.1, 0.15) is 6.29 Å². The number of rotatable bonds is 4. The van der Waals surface area contributed by atoms with E-state index in [1.807, 2.05) is 0 Å². The highest BCUT2D eigenvalue weighted by atomic mass is 16.5. The van der Waals surface area contributed by atoms with Gasteiger partial charge in [0.05, 0.1) is 7.11 Å². The van der Waals surface area contributed by atoms with Crippen LogP contribution >= 0.6 is 0 Å². The van der Waals surface area contributed by atoms with Crippen molar-refractivity contribution in [2.24, 2.45) is 5.92 Å². The van der Waals surface area contributed by atoms with Crippen LogP contribution in [0.3, 0.4) is 0 Å². The second kappa shape index (κ2) is 4.97. The summed E-state index contributed by atoms with van der Waals surface area (Å²) >= 11 is 0. The summed E-state index contributed by atoms with van der Waals surface area (Å²) in [5, 5.41) is 0. The first-order valence-corrected chi connectivity index (χ1v) is 3.22. The average Bonchev–Trinajstić information content (AvgIpc) is 1.99. The first-order chi connectivity index (χ1) is 4.70. The standard InChI is InChI=1S/C7H12O3/c1-6(5-8)3-4-7(9)10-2/h5-6H,3-4H2,1-2H3/t6-/m0/s1. The zero-order valence-corrected chi connectivity index (χ0v) is 6.29. The number of ether oxygens (including phenoxy) is 1. The second-order valence-electron chi connectivity index (χ2n) is 2.23. The lowest BCUT2D eigenvalue weighted by molar-refractivity contribution is -0.140. The quantitative estimate of drug-likeness (QED) is 0.432. The van der Waals surface area contributed by atoms with Gasteiger partial charge in [-0.05, 0) is 6.42 Å². The van der Waals surface area contributed by atoms with Crippen LogP contribution in [0.2, 0.25) is 0 Å². The minimum absolute atomic E-state index is 0.0425. The summed E-state index contributed by atoms with van der Waals surface area (Å²) in [6.07, 6.45) is 1.75. The lowest BCUT2D eigenvalue weighted by Crippen LogP contribution is -2.04. The SMILES string of the molecule is COC(=O)CC[C@H](C)C=O. The molecule has 0 aliphatic heterocycles. The van der Waals surface area contributed by atoms with Gasteiger partial charge in [-0.15, -0.1) is 0 Å². The highest BCUT2D eigenvalue weighted by Crippen LogP contribution is 2.01. The molecule has 0 fully saturated rings. The molecule has 3 heteroatoms. The van der Waals surface area contributed by atoms with E-state index in [1.165, 1.54) is 7.11 Å². The van der Waals surface area contributed by atoms with Crippen LogP contribution in [0.25, 0.3) is 0 Å². The van der Waals surface area contributed by atoms with Crippen molar-refractivity contribution in [3.8, 4) is 0 Å². The molecule has 0 saturated heterocycles. The molecule has 0 aromatic carbocycles. The van der Waals surface area contributed by atoms with Gasteiger partial charge in [0.2, 0.25) is 0 Å². The van der Waals surface area contributed by atoms with Crippen LogP contribution < -0.4 is 0 Å². The molecular weight excluding hydrogens is 132 g/mol. The summed E-state index contributed by atoms with van der Waals surface area (Å²) in [5.74, 6) is -0.298. The van der Waals surface area contributed by atoms with Crippen LogP contribution in [0.15, 0.2) is 0 Å². The maximum atomic E-state index is 10.5. The fraction of sp³-hybridized carbons (Fsp3) is 0.714. The van der Waals surface area contributed by atoms with Crippen molar-refractivity contribution in [3.63, 3.8) is 0 Å². The van der Waals surface area contributed by atoms with Crippen molar-refractivity contribution in [1.29, 1.82) is 0 Å². The predicted octanol–water partition coefficient (Wildman–Crippen LogP) is 0.775. The van der Waals surface area contributed by atoms with Crippen molar-refractivity contribution >= 4 is 12.3 Å². The minimum atomic E-state index is -0.256. The molecule has 3 nitrogen and oxygen atoms in total. The Labute approximate surface area is 60.4 Å². The molecule has 0 aromatic rings. The highest BCUT2D eigenvalue weighted by Gasteiger charge is 2.04. The largest absolute Gasteiger partial charge is 0.469 e. The summed E-state index contributed by atoms with van der Waals surface area (Å²) in [6.45, 7) is 1.77. The number of carbonyl (C=O) groups excluding carboxylic acids is 2. The smallest absolute Gasteiger partial charge is 0.305 e. The normalized spacial score (nSPS) is 12.2. The Balaban J connectivity index is 3.34. The van der Waals surface area contributed by atoms with Crippen LogP contribution in [0.5, 0.6) is 0 Å². The first kappa shape index (κ1) is 9.14. The lowest BCUT2D eigenvalue weighted by Gasteiger charge is -2.00. The number of hydrogen-bond acceptors (Lipinski definition) is 3. The molecule has 0 aliphatic rings. The van der Waals surface area contributed by atoms with Crippen molar-refractivity contribution < 1.29 is 14.3 Å². The van der Waals surface area contributed by atoms with Gasteiger partial charge in [-0.1, -0.05) is 6.92 Å². The van der Waals surface area contributed by atoms with E-state index in [0.29, 0.717) is 12.8 Å².